The van der Waals surface area contributed by atoms with Crippen LogP contribution in [0.1, 0.15) is 13.3 Å². The van der Waals surface area contributed by atoms with Gasteiger partial charge >= 0.3 is 5.97 Å². The Morgan fingerprint density at radius 2 is 2.60 bits per heavy atom. The van der Waals surface area contributed by atoms with Crippen molar-refractivity contribution < 1.29 is 9.90 Å². The van der Waals surface area contributed by atoms with E-state index < -0.39 is 5.97 Å². The highest BCUT2D eigenvalue weighted by Crippen LogP contribution is 2.14. The molecule has 1 N–H and O–H groups in total. The average Bonchev–Trinajstić information content (AvgIpc) is 1.78. The van der Waals surface area contributed by atoms with E-state index >= 15 is 0 Å². The lowest BCUT2D eigenvalue weighted by Gasteiger charge is -2.30. The Labute approximate surface area is 59.9 Å². The highest BCUT2D eigenvalue weighted by Gasteiger charge is 2.21. The van der Waals surface area contributed by atoms with Crippen LogP contribution < -0.4 is 0 Å². The molecule has 1 heterocycles. The second-order valence-corrected chi connectivity index (χ2v) is 2.34. The zero-order chi connectivity index (χ0) is 7.56. The minimum Gasteiger partial charge on any atom is -0.477 e. The maximum absolute atomic E-state index is 10.4. The van der Waals surface area contributed by atoms with Crippen molar-refractivity contribution in [1.29, 1.82) is 0 Å². The van der Waals surface area contributed by atoms with Gasteiger partial charge in [-0.25, -0.2) is 4.79 Å². The monoisotopic (exact) mass is 141 g/mol. The SMILES string of the molecule is CCCN1CC=C1C(=O)O. The fourth-order valence-electron chi connectivity index (χ4n) is 1.02. The third kappa shape index (κ3) is 1.12. The van der Waals surface area contributed by atoms with Crippen LogP contribution in [-0.4, -0.2) is 29.1 Å². The normalized spacial score (nSPS) is 16.1. The van der Waals surface area contributed by atoms with Gasteiger partial charge in [-0.15, -0.1) is 0 Å². The molecule has 1 rings (SSSR count). The second kappa shape index (κ2) is 2.73. The third-order valence-electron chi connectivity index (χ3n) is 1.56. The lowest BCUT2D eigenvalue weighted by atomic mass is 10.2. The Kier molecular flexibility index (Phi) is 1.94. The minimum atomic E-state index is -0.806. The first-order chi connectivity index (χ1) is 4.75. The molecular weight excluding hydrogens is 130 g/mol. The molecule has 10 heavy (non-hydrogen) atoms. The van der Waals surface area contributed by atoms with Gasteiger partial charge in [0.15, 0.2) is 0 Å². The molecule has 0 spiro atoms. The average molecular weight is 141 g/mol. The molecule has 3 nitrogen and oxygen atoms in total. The van der Waals surface area contributed by atoms with Crippen LogP contribution in [0.2, 0.25) is 0 Å². The van der Waals surface area contributed by atoms with Crippen LogP contribution in [0.3, 0.4) is 0 Å². The van der Waals surface area contributed by atoms with Gasteiger partial charge in [0.2, 0.25) is 0 Å². The molecule has 56 valence electrons. The van der Waals surface area contributed by atoms with Gasteiger partial charge in [-0.05, 0) is 12.5 Å². The molecule has 0 bridgehead atoms. The zero-order valence-electron chi connectivity index (χ0n) is 6.00. The van der Waals surface area contributed by atoms with Crippen molar-refractivity contribution in [3.05, 3.63) is 11.8 Å². The number of carboxylic acids is 1. The van der Waals surface area contributed by atoms with Gasteiger partial charge in [0.05, 0.1) is 0 Å². The molecule has 0 aromatic carbocycles. The smallest absolute Gasteiger partial charge is 0.351 e. The Morgan fingerprint density at radius 1 is 1.90 bits per heavy atom. The van der Waals surface area contributed by atoms with E-state index in [4.69, 9.17) is 5.11 Å². The van der Waals surface area contributed by atoms with Gasteiger partial charge in [0.25, 0.3) is 0 Å². The molecule has 0 unspecified atom stereocenters. The Morgan fingerprint density at radius 3 is 2.90 bits per heavy atom. The number of carboxylic acid groups (broad SMARTS) is 1. The summed E-state index contributed by atoms with van der Waals surface area (Å²) in [7, 11) is 0. The summed E-state index contributed by atoms with van der Waals surface area (Å²) in [5.74, 6) is -0.806. The highest BCUT2D eigenvalue weighted by atomic mass is 16.4. The number of rotatable bonds is 3. The second-order valence-electron chi connectivity index (χ2n) is 2.34. The van der Waals surface area contributed by atoms with E-state index in [2.05, 4.69) is 0 Å². The number of hydrogen-bond donors (Lipinski definition) is 1. The van der Waals surface area contributed by atoms with E-state index in [-0.39, 0.29) is 0 Å². The predicted molar refractivity (Wildman–Crippen MR) is 37.6 cm³/mol. The topological polar surface area (TPSA) is 40.5 Å². The lowest BCUT2D eigenvalue weighted by molar-refractivity contribution is -0.135. The number of hydrogen-bond acceptors (Lipinski definition) is 2. The van der Waals surface area contributed by atoms with Crippen LogP contribution in [0.5, 0.6) is 0 Å². The molecule has 0 fully saturated rings. The van der Waals surface area contributed by atoms with E-state index in [0.29, 0.717) is 5.70 Å². The predicted octanol–water partition coefficient (Wildman–Crippen LogP) is 0.680. The molecule has 1 aliphatic heterocycles. The quantitative estimate of drug-likeness (QED) is 0.628. The van der Waals surface area contributed by atoms with Crippen molar-refractivity contribution in [2.24, 2.45) is 0 Å². The van der Waals surface area contributed by atoms with Gasteiger partial charge in [-0.3, -0.25) is 0 Å². The first-order valence-electron chi connectivity index (χ1n) is 3.44. The van der Waals surface area contributed by atoms with Crippen LogP contribution in [0, 0.1) is 0 Å². The summed E-state index contributed by atoms with van der Waals surface area (Å²) in [5.41, 5.74) is 0.460. The van der Waals surface area contributed by atoms with Crippen molar-refractivity contribution in [2.45, 2.75) is 13.3 Å². The summed E-state index contributed by atoms with van der Waals surface area (Å²) in [6.45, 7) is 3.70. The molecule has 3 heteroatoms. The van der Waals surface area contributed by atoms with Crippen LogP contribution in [0.25, 0.3) is 0 Å². The fraction of sp³-hybridized carbons (Fsp3) is 0.571. The number of aliphatic carboxylic acids is 1. The Hall–Kier alpha value is -0.990. The van der Waals surface area contributed by atoms with Crippen molar-refractivity contribution in [2.75, 3.05) is 13.1 Å². The highest BCUT2D eigenvalue weighted by molar-refractivity contribution is 5.87. The molecule has 0 amide bonds. The summed E-state index contributed by atoms with van der Waals surface area (Å²) >= 11 is 0. The van der Waals surface area contributed by atoms with Gasteiger partial charge in [-0.2, -0.15) is 0 Å². The Balaban J connectivity index is 2.42. The van der Waals surface area contributed by atoms with Crippen molar-refractivity contribution in [3.63, 3.8) is 0 Å². The van der Waals surface area contributed by atoms with Crippen LogP contribution >= 0.6 is 0 Å². The van der Waals surface area contributed by atoms with E-state index in [1.54, 1.807) is 6.08 Å². The summed E-state index contributed by atoms with van der Waals surface area (Å²) in [6, 6.07) is 0. The van der Waals surface area contributed by atoms with Gasteiger partial charge in [0, 0.05) is 13.1 Å². The summed E-state index contributed by atoms with van der Waals surface area (Å²) in [4.78, 5) is 12.2. The first kappa shape index (κ1) is 7.12. The fourth-order valence-corrected chi connectivity index (χ4v) is 1.02. The van der Waals surface area contributed by atoms with Gasteiger partial charge < -0.3 is 10.0 Å². The first-order valence-corrected chi connectivity index (χ1v) is 3.44. The van der Waals surface area contributed by atoms with Crippen molar-refractivity contribution in [1.82, 2.24) is 4.90 Å². The molecule has 0 aromatic rings. The van der Waals surface area contributed by atoms with Gasteiger partial charge in [0.1, 0.15) is 5.70 Å². The van der Waals surface area contributed by atoms with Crippen LogP contribution in [-0.2, 0) is 4.79 Å². The largest absolute Gasteiger partial charge is 0.477 e. The maximum Gasteiger partial charge on any atom is 0.351 e. The zero-order valence-corrected chi connectivity index (χ0v) is 6.00. The maximum atomic E-state index is 10.4. The molecule has 0 saturated heterocycles. The molecule has 0 aromatic heterocycles. The molecule has 0 aliphatic carbocycles. The van der Waals surface area contributed by atoms with Gasteiger partial charge in [-0.1, -0.05) is 6.92 Å². The molecular formula is C7H11NO2. The number of nitrogens with zero attached hydrogens (tertiary/aromatic N) is 1. The minimum absolute atomic E-state index is 0.460. The van der Waals surface area contributed by atoms with Crippen LogP contribution in [0.4, 0.5) is 0 Å². The van der Waals surface area contributed by atoms with Crippen molar-refractivity contribution in [3.8, 4) is 0 Å². The summed E-state index contributed by atoms with van der Waals surface area (Å²) in [6.07, 6.45) is 2.74. The molecule has 0 radical (unpaired) electrons. The molecule has 1 aliphatic rings. The summed E-state index contributed by atoms with van der Waals surface area (Å²) < 4.78 is 0. The number of carbonyl (C=O) groups is 1. The van der Waals surface area contributed by atoms with Crippen LogP contribution in [0.15, 0.2) is 11.8 Å². The molecule has 0 saturated carbocycles. The van der Waals surface area contributed by atoms with E-state index in [0.717, 1.165) is 19.5 Å². The Bertz CT molecular complexity index is 174. The lowest BCUT2D eigenvalue weighted by Crippen LogP contribution is -2.36. The summed E-state index contributed by atoms with van der Waals surface area (Å²) in [5, 5.41) is 8.52. The van der Waals surface area contributed by atoms with Crippen molar-refractivity contribution >= 4 is 5.97 Å². The van der Waals surface area contributed by atoms with E-state index in [9.17, 15) is 4.79 Å². The molecule has 0 atom stereocenters. The standard InChI is InChI=1S/C7H11NO2/c1-2-4-8-5-3-6(8)7(9)10/h3H,2,4-5H2,1H3,(H,9,10). The van der Waals surface area contributed by atoms with E-state index in [1.165, 1.54) is 0 Å². The third-order valence-corrected chi connectivity index (χ3v) is 1.56. The van der Waals surface area contributed by atoms with E-state index in [1.807, 2.05) is 11.8 Å².